The van der Waals surface area contributed by atoms with Crippen LogP contribution in [0.1, 0.15) is 116 Å². The molecule has 0 saturated carbocycles. The quantitative estimate of drug-likeness (QED) is 0.185. The highest BCUT2D eigenvalue weighted by molar-refractivity contribution is 4.57. The van der Waals surface area contributed by atoms with Gasteiger partial charge in [-0.1, -0.05) is 96.8 Å². The third-order valence-electron chi connectivity index (χ3n) is 4.88. The molecule has 0 aromatic heterocycles. The van der Waals surface area contributed by atoms with Gasteiger partial charge in [0.25, 0.3) is 0 Å². The van der Waals surface area contributed by atoms with E-state index in [1.807, 2.05) is 0 Å². The number of hydroxylamine groups is 1. The van der Waals surface area contributed by atoms with Crippen LogP contribution in [0.15, 0.2) is 0 Å². The lowest BCUT2D eigenvalue weighted by atomic mass is 10.0. The van der Waals surface area contributed by atoms with Gasteiger partial charge in [0.15, 0.2) is 6.29 Å². The van der Waals surface area contributed by atoms with Gasteiger partial charge in [-0.05, 0) is 12.8 Å². The molecule has 146 valence electrons. The number of hydrogen-bond donors (Lipinski definition) is 3. The smallest absolute Gasteiger partial charge is 0.157 e. The molecule has 0 aromatic rings. The lowest BCUT2D eigenvalue weighted by Gasteiger charge is -2.17. The molecule has 0 aliphatic rings. The number of unbranched alkanes of at least 4 members (excludes halogenated alkanes) is 14. The maximum absolute atomic E-state index is 10.8. The topological polar surface area (TPSA) is 80.1 Å². The van der Waals surface area contributed by atoms with E-state index in [9.17, 15) is 5.21 Å². The molecule has 0 amide bonds. The zero-order chi connectivity index (χ0) is 17.9. The van der Waals surface area contributed by atoms with Crippen molar-refractivity contribution in [2.75, 3.05) is 0 Å². The fourth-order valence-electron chi connectivity index (χ4n) is 3.29. The Morgan fingerprint density at radius 2 is 1.04 bits per heavy atom. The van der Waals surface area contributed by atoms with Gasteiger partial charge in [-0.25, -0.2) is 0 Å². The Bertz CT molecular complexity index is 237. The largest absolute Gasteiger partial charge is 0.636 e. The van der Waals surface area contributed by atoms with Gasteiger partial charge in [0.1, 0.15) is 0 Å². The molecule has 0 rings (SSSR count). The summed E-state index contributed by atoms with van der Waals surface area (Å²) < 4.78 is 0. The van der Waals surface area contributed by atoms with E-state index in [0.29, 0.717) is 0 Å². The van der Waals surface area contributed by atoms with E-state index in [-0.39, 0.29) is 12.5 Å². The molecule has 4 N–H and O–H groups in total. The summed E-state index contributed by atoms with van der Waals surface area (Å²) in [6, 6.07) is -0.188. The summed E-state index contributed by atoms with van der Waals surface area (Å²) in [4.78, 5) is 0. The number of hydrogen-bond acceptors (Lipinski definition) is 3. The molecule has 0 aromatic carbocycles. The lowest BCUT2D eigenvalue weighted by Crippen LogP contribution is -2.84. The summed E-state index contributed by atoms with van der Waals surface area (Å²) in [5.41, 5.74) is 0.864. The van der Waals surface area contributed by atoms with E-state index in [2.05, 4.69) is 6.92 Å². The predicted octanol–water partition coefficient (Wildman–Crippen LogP) is 4.38. The number of rotatable bonds is 19. The number of aliphatic hydroxyl groups excluding tert-OH is 1. The van der Waals surface area contributed by atoms with Gasteiger partial charge < -0.3 is 20.9 Å². The molecular formula is C20H43NO3. The van der Waals surface area contributed by atoms with E-state index in [1.54, 1.807) is 0 Å². The Hall–Kier alpha value is -0.160. The highest BCUT2D eigenvalue weighted by Crippen LogP contribution is 2.14. The van der Waals surface area contributed by atoms with Gasteiger partial charge >= 0.3 is 0 Å². The van der Waals surface area contributed by atoms with Crippen LogP contribution in [-0.4, -0.2) is 22.5 Å². The fourth-order valence-corrected chi connectivity index (χ4v) is 3.29. The molecule has 0 saturated heterocycles. The summed E-state index contributed by atoms with van der Waals surface area (Å²) in [6.45, 7) is 2.27. The Balaban J connectivity index is 3.14. The van der Waals surface area contributed by atoms with Crippen LogP contribution in [0.3, 0.4) is 0 Å². The summed E-state index contributed by atoms with van der Waals surface area (Å²) in [6.07, 6.45) is 19.7. The zero-order valence-electron chi connectivity index (χ0n) is 16.1. The third-order valence-corrected chi connectivity index (χ3v) is 4.88. The van der Waals surface area contributed by atoms with Gasteiger partial charge in [-0.3, -0.25) is 0 Å². The van der Waals surface area contributed by atoms with Crippen molar-refractivity contribution in [3.8, 4) is 0 Å². The minimum absolute atomic E-state index is 0.183. The third kappa shape index (κ3) is 18.2. The lowest BCUT2D eigenvalue weighted by molar-refractivity contribution is -0.631. The molecule has 4 nitrogen and oxygen atoms in total. The Labute approximate surface area is 150 Å². The van der Waals surface area contributed by atoms with Gasteiger partial charge in [0.2, 0.25) is 0 Å². The maximum atomic E-state index is 10.8. The molecule has 0 aliphatic heterocycles. The van der Waals surface area contributed by atoms with Crippen LogP contribution in [0.25, 0.3) is 0 Å². The van der Waals surface area contributed by atoms with E-state index in [4.69, 9.17) is 10.2 Å². The summed E-state index contributed by atoms with van der Waals surface area (Å²) >= 11 is 0. The first-order valence-electron chi connectivity index (χ1n) is 10.5. The average Bonchev–Trinajstić information content (AvgIpc) is 2.56. The first kappa shape index (κ1) is 23.8. The highest BCUT2D eigenvalue weighted by Gasteiger charge is 2.11. The molecule has 0 spiro atoms. The first-order valence-corrected chi connectivity index (χ1v) is 10.5. The summed E-state index contributed by atoms with van der Waals surface area (Å²) in [7, 11) is 0. The van der Waals surface area contributed by atoms with Gasteiger partial charge in [-0.2, -0.15) is 0 Å². The molecule has 0 aliphatic carbocycles. The van der Waals surface area contributed by atoms with Crippen LogP contribution in [0.2, 0.25) is 0 Å². The molecule has 24 heavy (non-hydrogen) atoms. The Kier molecular flexibility index (Phi) is 19.0. The second kappa shape index (κ2) is 19.2. The Morgan fingerprint density at radius 3 is 1.38 bits per heavy atom. The van der Waals surface area contributed by atoms with Crippen LogP contribution in [0.5, 0.6) is 0 Å². The molecule has 1 unspecified atom stereocenters. The van der Waals surface area contributed by atoms with E-state index in [1.165, 1.54) is 83.5 Å². The van der Waals surface area contributed by atoms with Crippen LogP contribution in [-0.2, 0) is 0 Å². The van der Waals surface area contributed by atoms with Gasteiger partial charge in [-0.15, -0.1) is 0 Å². The van der Waals surface area contributed by atoms with Crippen molar-refractivity contribution in [2.45, 2.75) is 128 Å². The first-order chi connectivity index (χ1) is 11.7. The summed E-state index contributed by atoms with van der Waals surface area (Å²) in [5.74, 6) is 0. The van der Waals surface area contributed by atoms with E-state index in [0.717, 1.165) is 24.7 Å². The van der Waals surface area contributed by atoms with E-state index < -0.39 is 6.29 Å². The van der Waals surface area contributed by atoms with Gasteiger partial charge in [0.05, 0.1) is 12.5 Å². The van der Waals surface area contributed by atoms with Crippen molar-refractivity contribution in [1.29, 1.82) is 0 Å². The second-order valence-electron chi connectivity index (χ2n) is 7.35. The second-order valence-corrected chi connectivity index (χ2v) is 7.35. The molecule has 0 fully saturated rings. The predicted molar refractivity (Wildman–Crippen MR) is 101 cm³/mol. The van der Waals surface area contributed by atoms with Crippen molar-refractivity contribution in [2.24, 2.45) is 0 Å². The van der Waals surface area contributed by atoms with E-state index >= 15 is 0 Å². The molecule has 0 heterocycles. The van der Waals surface area contributed by atoms with Crippen LogP contribution >= 0.6 is 0 Å². The van der Waals surface area contributed by atoms with Crippen LogP contribution in [0, 0.1) is 5.21 Å². The normalized spacial score (nSPS) is 12.9. The molecule has 0 radical (unpaired) electrons. The van der Waals surface area contributed by atoms with Crippen LogP contribution < -0.4 is 5.48 Å². The molecule has 4 heteroatoms. The van der Waals surface area contributed by atoms with Crippen LogP contribution in [0.4, 0.5) is 0 Å². The molecular weight excluding hydrogens is 302 g/mol. The maximum Gasteiger partial charge on any atom is 0.157 e. The minimum Gasteiger partial charge on any atom is -0.636 e. The van der Waals surface area contributed by atoms with Crippen molar-refractivity contribution in [3.63, 3.8) is 0 Å². The average molecular weight is 346 g/mol. The molecule has 1 atom stereocenters. The number of quaternary nitrogens is 1. The monoisotopic (exact) mass is 345 g/mol. The fraction of sp³-hybridized carbons (Fsp3) is 1.00. The Morgan fingerprint density at radius 1 is 0.667 bits per heavy atom. The van der Waals surface area contributed by atoms with Gasteiger partial charge in [0, 0.05) is 0 Å². The zero-order valence-corrected chi connectivity index (χ0v) is 16.1. The highest BCUT2D eigenvalue weighted by atomic mass is 16.5. The van der Waals surface area contributed by atoms with Crippen molar-refractivity contribution >= 4 is 0 Å². The number of aliphatic hydroxyl groups is 2. The number of nitrogens with two attached hydrogens (primary N) is 1. The van der Waals surface area contributed by atoms with Crippen molar-refractivity contribution in [3.05, 3.63) is 5.21 Å². The van der Waals surface area contributed by atoms with Crippen molar-refractivity contribution in [1.82, 2.24) is 0 Å². The molecule has 0 bridgehead atoms. The summed E-state index contributed by atoms with van der Waals surface area (Å²) in [5, 5.41) is 28.5. The minimum atomic E-state index is -1.35. The standard InChI is InChI=1S/C20H43NO3/c1-2-3-4-5-6-7-8-9-10-11-12-13-14-15-16-17-19(21-24)18-20(22)23/h19-20,22-23H,2-18,21H2,1H3. The SMILES string of the molecule is CCCCCCCCCCCCCCCCCC(CC(O)O)[NH2+][O-]. The van der Waals surface area contributed by atoms with Crippen molar-refractivity contribution < 1.29 is 15.7 Å².